The highest BCUT2D eigenvalue weighted by atomic mass is 19.4. The van der Waals surface area contributed by atoms with E-state index in [0.29, 0.717) is 0 Å². The summed E-state index contributed by atoms with van der Waals surface area (Å²) in [7, 11) is 0. The first-order valence-electron chi connectivity index (χ1n) is 6.47. The van der Waals surface area contributed by atoms with Crippen molar-refractivity contribution in [3.05, 3.63) is 37.0 Å². The second-order valence-corrected chi connectivity index (χ2v) is 5.16. The van der Waals surface area contributed by atoms with Crippen molar-refractivity contribution in [2.45, 2.75) is 44.4 Å². The summed E-state index contributed by atoms with van der Waals surface area (Å²) >= 11 is 0. The molecular weight excluding hydrogens is 265 g/mol. The highest BCUT2D eigenvalue weighted by Gasteiger charge is 2.63. The van der Waals surface area contributed by atoms with Crippen LogP contribution in [0.15, 0.2) is 37.0 Å². The van der Waals surface area contributed by atoms with Gasteiger partial charge in [-0.25, -0.2) is 0 Å². The van der Waals surface area contributed by atoms with E-state index in [0.717, 1.165) is 5.57 Å². The third kappa shape index (κ3) is 3.73. The van der Waals surface area contributed by atoms with Crippen LogP contribution in [0, 0.1) is 16.7 Å². The average molecular weight is 286 g/mol. The normalized spacial score (nSPS) is 20.6. The fraction of sp³-hybridized carbons (Fsp3) is 0.533. The summed E-state index contributed by atoms with van der Waals surface area (Å²) < 4.78 is 38.7. The van der Waals surface area contributed by atoms with Gasteiger partial charge in [0.1, 0.15) is 0 Å². The van der Waals surface area contributed by atoms with E-state index in [4.69, 9.17) is 5.26 Å². The zero-order chi connectivity index (χ0) is 15.4. The Bertz CT molecular complexity index is 445. The number of alkyl halides is 3. The molecule has 2 atom stereocenters. The zero-order valence-corrected chi connectivity index (χ0v) is 11.5. The molecule has 1 unspecified atom stereocenters. The van der Waals surface area contributed by atoms with Crippen molar-refractivity contribution in [2.24, 2.45) is 5.41 Å². The number of halogens is 3. The molecule has 0 heterocycles. The van der Waals surface area contributed by atoms with Gasteiger partial charge in [0.25, 0.3) is 0 Å². The Morgan fingerprint density at radius 1 is 1.50 bits per heavy atom. The number of allylic oxidation sites excluding steroid dienone is 2. The molecule has 0 bridgehead atoms. The van der Waals surface area contributed by atoms with Gasteiger partial charge in [0.2, 0.25) is 0 Å². The molecule has 0 spiro atoms. The summed E-state index contributed by atoms with van der Waals surface area (Å²) in [4.78, 5) is 0. The summed E-state index contributed by atoms with van der Waals surface area (Å²) in [5.41, 5.74) is -0.881. The van der Waals surface area contributed by atoms with Gasteiger partial charge in [0.15, 0.2) is 0 Å². The maximum atomic E-state index is 12.9. The van der Waals surface area contributed by atoms with Crippen molar-refractivity contribution >= 4 is 0 Å². The third-order valence-corrected chi connectivity index (χ3v) is 3.70. The van der Waals surface area contributed by atoms with Crippen LogP contribution in [0.5, 0.6) is 0 Å². The highest BCUT2D eigenvalue weighted by Crippen LogP contribution is 2.60. The van der Waals surface area contributed by atoms with Gasteiger partial charge in [-0.05, 0) is 31.8 Å². The topological polar surface area (TPSA) is 35.8 Å². The van der Waals surface area contributed by atoms with Gasteiger partial charge in [-0.1, -0.05) is 31.4 Å². The van der Waals surface area contributed by atoms with Crippen LogP contribution < -0.4 is 5.32 Å². The Morgan fingerprint density at radius 3 is 2.45 bits per heavy atom. The molecule has 1 aliphatic carbocycles. The lowest BCUT2D eigenvalue weighted by Gasteiger charge is -2.25. The van der Waals surface area contributed by atoms with E-state index >= 15 is 0 Å². The van der Waals surface area contributed by atoms with E-state index in [1.54, 1.807) is 25.2 Å². The smallest absolute Gasteiger partial charge is 0.295 e. The van der Waals surface area contributed by atoms with Gasteiger partial charge in [-0.15, -0.1) is 0 Å². The number of nitriles is 1. The van der Waals surface area contributed by atoms with Gasteiger partial charge in [-0.2, -0.15) is 18.4 Å². The van der Waals surface area contributed by atoms with Crippen LogP contribution in [-0.4, -0.2) is 18.3 Å². The number of hydrogen-bond donors (Lipinski definition) is 1. The zero-order valence-electron chi connectivity index (χ0n) is 11.5. The van der Waals surface area contributed by atoms with Gasteiger partial charge < -0.3 is 0 Å². The average Bonchev–Trinajstić information content (AvgIpc) is 3.15. The number of nitrogens with one attached hydrogen (secondary N) is 1. The fourth-order valence-electron chi connectivity index (χ4n) is 2.21. The van der Waals surface area contributed by atoms with Crippen molar-refractivity contribution in [1.29, 1.82) is 5.26 Å². The van der Waals surface area contributed by atoms with Gasteiger partial charge >= 0.3 is 6.18 Å². The van der Waals surface area contributed by atoms with E-state index in [1.807, 2.05) is 6.07 Å². The lowest BCUT2D eigenvalue weighted by Crippen LogP contribution is -2.40. The van der Waals surface area contributed by atoms with Crippen molar-refractivity contribution in [3.63, 3.8) is 0 Å². The summed E-state index contributed by atoms with van der Waals surface area (Å²) in [5, 5.41) is 12.0. The van der Waals surface area contributed by atoms with Crippen molar-refractivity contribution in [3.8, 4) is 6.07 Å². The molecule has 1 saturated carbocycles. The standard InChI is InChI=1S/C15H19F3N2.H2/c1-4-6-12(5-2)11(3)20-13(10-19)9-14(7-8-14)15(16,17)18;/h4-6,11,13,20H,1-2,7-9H2,3H3;1H/b12-6+;/t11-,13?;/m1./s1. The van der Waals surface area contributed by atoms with Crippen LogP contribution >= 0.6 is 0 Å². The minimum Gasteiger partial charge on any atom is -0.295 e. The highest BCUT2D eigenvalue weighted by molar-refractivity contribution is 5.26. The van der Waals surface area contributed by atoms with Crippen LogP contribution in [-0.2, 0) is 0 Å². The Labute approximate surface area is 119 Å². The molecule has 2 nitrogen and oxygen atoms in total. The van der Waals surface area contributed by atoms with Gasteiger partial charge in [0, 0.05) is 7.47 Å². The molecule has 0 aromatic carbocycles. The Hall–Kier alpha value is -1.54. The molecule has 0 amide bonds. The van der Waals surface area contributed by atoms with Crippen molar-refractivity contribution in [1.82, 2.24) is 5.32 Å². The predicted molar refractivity (Wildman–Crippen MR) is 74.9 cm³/mol. The van der Waals surface area contributed by atoms with Gasteiger partial charge in [0.05, 0.1) is 17.5 Å². The molecule has 20 heavy (non-hydrogen) atoms. The molecule has 1 aliphatic rings. The first kappa shape index (κ1) is 16.5. The summed E-state index contributed by atoms with van der Waals surface area (Å²) in [6, 6.07) is 0.842. The molecule has 1 fully saturated rings. The van der Waals surface area contributed by atoms with E-state index in [9.17, 15) is 13.2 Å². The van der Waals surface area contributed by atoms with Crippen LogP contribution in [0.4, 0.5) is 13.2 Å². The molecule has 0 aromatic rings. The van der Waals surface area contributed by atoms with Crippen molar-refractivity contribution < 1.29 is 14.6 Å². The molecule has 112 valence electrons. The maximum absolute atomic E-state index is 12.9. The second kappa shape index (κ2) is 6.27. The molecule has 0 radical (unpaired) electrons. The molecule has 0 saturated heterocycles. The van der Waals surface area contributed by atoms with Crippen LogP contribution in [0.3, 0.4) is 0 Å². The van der Waals surface area contributed by atoms with Gasteiger partial charge in [-0.3, -0.25) is 5.32 Å². The van der Waals surface area contributed by atoms with E-state index in [2.05, 4.69) is 18.5 Å². The predicted octanol–water partition coefficient (Wildman–Crippen LogP) is 4.13. The van der Waals surface area contributed by atoms with Crippen LogP contribution in [0.25, 0.3) is 0 Å². The molecular formula is C15H21F3N2. The molecule has 0 aliphatic heterocycles. The maximum Gasteiger partial charge on any atom is 0.394 e. The minimum absolute atomic E-state index is 0. The summed E-state index contributed by atoms with van der Waals surface area (Å²) in [5.74, 6) is 0. The monoisotopic (exact) mass is 286 g/mol. The minimum atomic E-state index is -4.23. The van der Waals surface area contributed by atoms with Crippen molar-refractivity contribution in [2.75, 3.05) is 0 Å². The summed E-state index contributed by atoms with van der Waals surface area (Å²) in [6.45, 7) is 8.99. The Kier molecular flexibility index (Phi) is 5.18. The van der Waals surface area contributed by atoms with Crippen LogP contribution in [0.2, 0.25) is 0 Å². The van der Waals surface area contributed by atoms with Crippen LogP contribution in [0.1, 0.15) is 27.6 Å². The second-order valence-electron chi connectivity index (χ2n) is 5.16. The molecule has 0 aromatic heterocycles. The molecule has 1 rings (SSSR count). The molecule has 5 heteroatoms. The number of nitrogens with zero attached hydrogens (tertiary/aromatic N) is 1. The Balaban J connectivity index is 0.00000400. The third-order valence-electron chi connectivity index (χ3n) is 3.70. The largest absolute Gasteiger partial charge is 0.394 e. The van der Waals surface area contributed by atoms with E-state index in [-0.39, 0.29) is 26.7 Å². The Morgan fingerprint density at radius 2 is 2.10 bits per heavy atom. The van der Waals surface area contributed by atoms with E-state index < -0.39 is 17.6 Å². The lowest BCUT2D eigenvalue weighted by molar-refractivity contribution is -0.189. The fourth-order valence-corrected chi connectivity index (χ4v) is 2.21. The quantitative estimate of drug-likeness (QED) is 0.714. The van der Waals surface area contributed by atoms with E-state index in [1.165, 1.54) is 0 Å². The first-order valence-corrected chi connectivity index (χ1v) is 6.47. The molecule has 1 N–H and O–H groups in total. The SMILES string of the molecule is C=C/C=C(\C=C)[C@@H](C)NC(C#N)CC1(C(F)(F)F)CC1.[HH]. The number of hydrogen-bond acceptors (Lipinski definition) is 2. The lowest BCUT2D eigenvalue weighted by atomic mass is 9.95. The summed E-state index contributed by atoms with van der Waals surface area (Å²) in [6.07, 6.45) is 0.694. The first-order chi connectivity index (χ1) is 9.29. The number of rotatable bonds is 7.